The van der Waals surface area contributed by atoms with E-state index in [0.29, 0.717) is 48.2 Å². The van der Waals surface area contributed by atoms with Crippen molar-refractivity contribution in [2.75, 3.05) is 46.5 Å². The van der Waals surface area contributed by atoms with Crippen molar-refractivity contribution in [2.24, 2.45) is 0 Å². The number of benzene rings is 2. The van der Waals surface area contributed by atoms with Crippen molar-refractivity contribution in [3.63, 3.8) is 0 Å². The highest BCUT2D eigenvalue weighted by molar-refractivity contribution is 6.46. The molecule has 32 heavy (non-hydrogen) atoms. The van der Waals surface area contributed by atoms with Crippen LogP contribution < -0.4 is 4.74 Å². The van der Waals surface area contributed by atoms with Gasteiger partial charge in [0.25, 0.3) is 11.7 Å². The van der Waals surface area contributed by atoms with E-state index in [2.05, 4.69) is 4.90 Å². The first-order valence-electron chi connectivity index (χ1n) is 10.5. The molecule has 168 valence electrons. The first kappa shape index (κ1) is 22.3. The van der Waals surface area contributed by atoms with Gasteiger partial charge in [0.2, 0.25) is 0 Å². The number of para-hydroxylation sites is 1. The molecular formula is C24H25ClN2O5. The Hall–Kier alpha value is -2.87. The third kappa shape index (κ3) is 4.37. The molecule has 0 aliphatic carbocycles. The predicted octanol–water partition coefficient (Wildman–Crippen LogP) is 3.10. The topological polar surface area (TPSA) is 79.3 Å². The second kappa shape index (κ2) is 9.73. The number of halogens is 1. The number of likely N-dealkylation sites (tertiary alicyclic amines) is 1. The molecule has 4 rings (SSSR count). The van der Waals surface area contributed by atoms with E-state index in [-0.39, 0.29) is 11.3 Å². The van der Waals surface area contributed by atoms with Gasteiger partial charge in [0.15, 0.2) is 0 Å². The van der Waals surface area contributed by atoms with Gasteiger partial charge in [-0.2, -0.15) is 0 Å². The number of rotatable bonds is 6. The number of aliphatic hydroxyl groups is 1. The molecule has 0 aromatic heterocycles. The molecule has 2 saturated heterocycles. The van der Waals surface area contributed by atoms with Gasteiger partial charge in [0.05, 0.1) is 31.9 Å². The summed E-state index contributed by atoms with van der Waals surface area (Å²) in [5.74, 6) is -1.04. The first-order chi connectivity index (χ1) is 15.5. The summed E-state index contributed by atoms with van der Waals surface area (Å²) in [5.41, 5.74) is 1.11. The molecule has 2 heterocycles. The van der Waals surface area contributed by atoms with Gasteiger partial charge in [-0.3, -0.25) is 14.5 Å². The maximum atomic E-state index is 13.1. The second-order valence-electron chi connectivity index (χ2n) is 7.70. The monoisotopic (exact) mass is 456 g/mol. The number of hydrogen-bond donors (Lipinski definition) is 1. The molecule has 0 unspecified atom stereocenters. The highest BCUT2D eigenvalue weighted by Crippen LogP contribution is 2.42. The second-order valence-corrected chi connectivity index (χ2v) is 8.13. The Bertz CT molecular complexity index is 1030. The van der Waals surface area contributed by atoms with Crippen LogP contribution in [0.4, 0.5) is 0 Å². The number of Topliss-reactive ketones (excluding diaryl/α,β-unsaturated/α-hetero) is 1. The highest BCUT2D eigenvalue weighted by atomic mass is 35.5. The number of amides is 1. The van der Waals surface area contributed by atoms with E-state index in [1.54, 1.807) is 30.3 Å². The molecule has 2 aromatic carbocycles. The standard InChI is InChI=1S/C24H25ClN2O5/c1-31-19-5-3-2-4-18(19)21-20(22(28)16-6-8-17(25)9-7-16)23(29)24(30)27(21)11-10-26-12-14-32-15-13-26/h2-9,21,28H,10-15H2,1H3/t21-/m1/s1. The molecule has 8 heteroatoms. The minimum absolute atomic E-state index is 0.0452. The molecule has 2 aromatic rings. The molecule has 1 N–H and O–H groups in total. The van der Waals surface area contributed by atoms with Gasteiger partial charge >= 0.3 is 0 Å². The lowest BCUT2D eigenvalue weighted by Gasteiger charge is -2.31. The van der Waals surface area contributed by atoms with Crippen molar-refractivity contribution in [1.29, 1.82) is 0 Å². The third-order valence-corrected chi connectivity index (χ3v) is 6.10. The Morgan fingerprint density at radius 3 is 2.47 bits per heavy atom. The van der Waals surface area contributed by atoms with Crippen LogP contribution >= 0.6 is 11.6 Å². The summed E-state index contributed by atoms with van der Waals surface area (Å²) in [6.45, 7) is 3.77. The number of ketones is 1. The van der Waals surface area contributed by atoms with E-state index in [4.69, 9.17) is 21.1 Å². The first-order valence-corrected chi connectivity index (χ1v) is 10.9. The Morgan fingerprint density at radius 2 is 1.78 bits per heavy atom. The van der Waals surface area contributed by atoms with Crippen LogP contribution in [-0.4, -0.2) is 73.1 Å². The lowest BCUT2D eigenvalue weighted by Crippen LogP contribution is -2.42. The maximum absolute atomic E-state index is 13.1. The number of ether oxygens (including phenoxy) is 2. The van der Waals surface area contributed by atoms with Gasteiger partial charge in [-0.25, -0.2) is 0 Å². The van der Waals surface area contributed by atoms with Crippen molar-refractivity contribution in [1.82, 2.24) is 9.80 Å². The fourth-order valence-corrected chi connectivity index (χ4v) is 4.29. The number of hydrogen-bond acceptors (Lipinski definition) is 6. The molecule has 2 aliphatic rings. The fraction of sp³-hybridized carbons (Fsp3) is 0.333. The lowest BCUT2D eigenvalue weighted by molar-refractivity contribution is -0.140. The molecule has 2 fully saturated rings. The van der Waals surface area contributed by atoms with E-state index in [1.807, 2.05) is 18.2 Å². The van der Waals surface area contributed by atoms with Crippen LogP contribution in [0, 0.1) is 0 Å². The van der Waals surface area contributed by atoms with Crippen LogP contribution in [-0.2, 0) is 14.3 Å². The third-order valence-electron chi connectivity index (χ3n) is 5.85. The minimum atomic E-state index is -0.761. The maximum Gasteiger partial charge on any atom is 0.295 e. The molecule has 0 bridgehead atoms. The highest BCUT2D eigenvalue weighted by Gasteiger charge is 2.47. The zero-order chi connectivity index (χ0) is 22.7. The summed E-state index contributed by atoms with van der Waals surface area (Å²) < 4.78 is 10.9. The number of carbonyl (C=O) groups excluding carboxylic acids is 2. The average molecular weight is 457 g/mol. The Balaban J connectivity index is 1.77. The largest absolute Gasteiger partial charge is 0.507 e. The smallest absolute Gasteiger partial charge is 0.295 e. The van der Waals surface area contributed by atoms with Crippen LogP contribution in [0.5, 0.6) is 5.75 Å². The molecule has 1 amide bonds. The summed E-state index contributed by atoms with van der Waals surface area (Å²) in [4.78, 5) is 29.9. The molecule has 2 aliphatic heterocycles. The minimum Gasteiger partial charge on any atom is -0.507 e. The Labute approximate surface area is 191 Å². The average Bonchev–Trinajstić information content (AvgIpc) is 3.08. The van der Waals surface area contributed by atoms with Crippen LogP contribution in [0.25, 0.3) is 5.76 Å². The number of methoxy groups -OCH3 is 1. The fourth-order valence-electron chi connectivity index (χ4n) is 4.16. The van der Waals surface area contributed by atoms with Crippen molar-refractivity contribution < 1.29 is 24.2 Å². The number of morpholine rings is 1. The van der Waals surface area contributed by atoms with Crippen molar-refractivity contribution >= 4 is 29.1 Å². The molecule has 1 atom stereocenters. The van der Waals surface area contributed by atoms with Crippen LogP contribution in [0.15, 0.2) is 54.1 Å². The van der Waals surface area contributed by atoms with E-state index < -0.39 is 17.7 Å². The zero-order valence-electron chi connectivity index (χ0n) is 17.8. The van der Waals surface area contributed by atoms with Crippen molar-refractivity contribution in [3.05, 3.63) is 70.3 Å². The quantitative estimate of drug-likeness (QED) is 0.409. The summed E-state index contributed by atoms with van der Waals surface area (Å²) in [6, 6.07) is 13.0. The van der Waals surface area contributed by atoms with Crippen LogP contribution in [0.3, 0.4) is 0 Å². The van der Waals surface area contributed by atoms with Crippen LogP contribution in [0.1, 0.15) is 17.2 Å². The predicted molar refractivity (Wildman–Crippen MR) is 121 cm³/mol. The van der Waals surface area contributed by atoms with Gasteiger partial charge < -0.3 is 19.5 Å². The van der Waals surface area contributed by atoms with Crippen molar-refractivity contribution in [2.45, 2.75) is 6.04 Å². The summed E-state index contributed by atoms with van der Waals surface area (Å²) in [6.07, 6.45) is 0. The van der Waals surface area contributed by atoms with Gasteiger partial charge in [0.1, 0.15) is 11.5 Å². The van der Waals surface area contributed by atoms with E-state index in [0.717, 1.165) is 13.1 Å². The summed E-state index contributed by atoms with van der Waals surface area (Å²) in [5, 5.41) is 11.6. The lowest BCUT2D eigenvalue weighted by atomic mass is 9.94. The molecule has 0 radical (unpaired) electrons. The summed E-state index contributed by atoms with van der Waals surface area (Å²) >= 11 is 5.97. The van der Waals surface area contributed by atoms with Crippen LogP contribution in [0.2, 0.25) is 5.02 Å². The van der Waals surface area contributed by atoms with Gasteiger partial charge in [-0.15, -0.1) is 0 Å². The van der Waals surface area contributed by atoms with Gasteiger partial charge in [-0.05, 0) is 30.3 Å². The van der Waals surface area contributed by atoms with Gasteiger partial charge in [-0.1, -0.05) is 29.8 Å². The molecule has 0 spiro atoms. The Kier molecular flexibility index (Phi) is 6.79. The van der Waals surface area contributed by atoms with Crippen molar-refractivity contribution in [3.8, 4) is 5.75 Å². The number of carbonyl (C=O) groups is 2. The van der Waals surface area contributed by atoms with E-state index in [1.165, 1.54) is 12.0 Å². The van der Waals surface area contributed by atoms with E-state index in [9.17, 15) is 14.7 Å². The zero-order valence-corrected chi connectivity index (χ0v) is 18.5. The van der Waals surface area contributed by atoms with Gasteiger partial charge in [0, 0.05) is 42.3 Å². The number of nitrogens with zero attached hydrogens (tertiary/aromatic N) is 2. The summed E-state index contributed by atoms with van der Waals surface area (Å²) in [7, 11) is 1.54. The van der Waals surface area contributed by atoms with E-state index >= 15 is 0 Å². The Morgan fingerprint density at radius 1 is 1.09 bits per heavy atom. The number of aliphatic hydroxyl groups excluding tert-OH is 1. The SMILES string of the molecule is COc1ccccc1[C@@H]1C(=C(O)c2ccc(Cl)cc2)C(=O)C(=O)N1CCN1CCOCC1. The normalized spacial score (nSPS) is 21.2. The molecule has 7 nitrogen and oxygen atoms in total. The molecule has 0 saturated carbocycles. The molecular weight excluding hydrogens is 432 g/mol.